The summed E-state index contributed by atoms with van der Waals surface area (Å²) < 4.78 is 19.9. The summed E-state index contributed by atoms with van der Waals surface area (Å²) in [6.07, 6.45) is 1.67. The third-order valence-electron chi connectivity index (χ3n) is 3.57. The van der Waals surface area contributed by atoms with Crippen molar-refractivity contribution >= 4 is 23.5 Å². The van der Waals surface area contributed by atoms with Crippen LogP contribution in [0.1, 0.15) is 23.9 Å². The molecule has 0 saturated carbocycles. The van der Waals surface area contributed by atoms with Crippen LogP contribution in [0, 0.1) is 19.7 Å². The molecule has 0 aliphatic carbocycles. The summed E-state index contributed by atoms with van der Waals surface area (Å²) in [5, 5.41) is 12.1. The van der Waals surface area contributed by atoms with Gasteiger partial charge < -0.3 is 10.1 Å². The van der Waals surface area contributed by atoms with Crippen molar-refractivity contribution in [1.82, 2.24) is 20.5 Å². The SMILES string of the molecule is COC[C@H](C)NC(=S)N/N=C\c1c(C)nn(-c2ccc(F)cc2)c1C. The number of halogens is 1. The molecule has 25 heavy (non-hydrogen) atoms. The first-order valence-corrected chi connectivity index (χ1v) is 8.24. The molecule has 0 fully saturated rings. The Kier molecular flexibility index (Phi) is 6.60. The molecule has 8 heteroatoms. The highest BCUT2D eigenvalue weighted by molar-refractivity contribution is 7.80. The van der Waals surface area contributed by atoms with Gasteiger partial charge in [0, 0.05) is 18.7 Å². The normalized spacial score (nSPS) is 12.4. The average Bonchev–Trinajstić information content (AvgIpc) is 2.84. The van der Waals surface area contributed by atoms with Crippen LogP contribution in [-0.2, 0) is 4.74 Å². The molecular formula is C17H22FN5OS. The summed E-state index contributed by atoms with van der Waals surface area (Å²) in [5.41, 5.74) is 6.17. The highest BCUT2D eigenvalue weighted by Crippen LogP contribution is 2.16. The topological polar surface area (TPSA) is 63.5 Å². The lowest BCUT2D eigenvalue weighted by Crippen LogP contribution is -2.40. The lowest BCUT2D eigenvalue weighted by molar-refractivity contribution is 0.179. The van der Waals surface area contributed by atoms with Gasteiger partial charge in [0.15, 0.2) is 5.11 Å². The Morgan fingerprint density at radius 2 is 2.08 bits per heavy atom. The van der Waals surface area contributed by atoms with Crippen LogP contribution in [0.15, 0.2) is 29.4 Å². The molecule has 1 heterocycles. The molecule has 1 aromatic carbocycles. The molecule has 0 radical (unpaired) electrons. The zero-order valence-electron chi connectivity index (χ0n) is 14.7. The van der Waals surface area contributed by atoms with Crippen LogP contribution in [0.25, 0.3) is 5.69 Å². The molecule has 0 bridgehead atoms. The fourth-order valence-electron chi connectivity index (χ4n) is 2.38. The van der Waals surface area contributed by atoms with Crippen molar-refractivity contribution < 1.29 is 9.13 Å². The Bertz CT molecular complexity index is 757. The third kappa shape index (κ3) is 5.07. The van der Waals surface area contributed by atoms with Crippen molar-refractivity contribution in [2.45, 2.75) is 26.8 Å². The van der Waals surface area contributed by atoms with Crippen molar-refractivity contribution in [3.8, 4) is 5.69 Å². The number of nitrogens with zero attached hydrogens (tertiary/aromatic N) is 3. The van der Waals surface area contributed by atoms with E-state index in [4.69, 9.17) is 17.0 Å². The van der Waals surface area contributed by atoms with Crippen molar-refractivity contribution in [3.05, 3.63) is 47.0 Å². The molecule has 0 amide bonds. The smallest absolute Gasteiger partial charge is 0.187 e. The lowest BCUT2D eigenvalue weighted by atomic mass is 10.2. The van der Waals surface area contributed by atoms with E-state index in [0.717, 1.165) is 22.6 Å². The van der Waals surface area contributed by atoms with Gasteiger partial charge in [0.25, 0.3) is 0 Å². The number of methoxy groups -OCH3 is 1. The second-order valence-electron chi connectivity index (χ2n) is 5.67. The molecule has 1 atom stereocenters. The summed E-state index contributed by atoms with van der Waals surface area (Å²) in [4.78, 5) is 0. The average molecular weight is 363 g/mol. The number of aromatic nitrogens is 2. The largest absolute Gasteiger partial charge is 0.383 e. The Morgan fingerprint density at radius 3 is 2.72 bits per heavy atom. The van der Waals surface area contributed by atoms with E-state index in [2.05, 4.69) is 20.9 Å². The van der Waals surface area contributed by atoms with Crippen molar-refractivity contribution in [2.75, 3.05) is 13.7 Å². The summed E-state index contributed by atoms with van der Waals surface area (Å²) >= 11 is 5.17. The predicted molar refractivity (Wildman–Crippen MR) is 101 cm³/mol. The zero-order valence-corrected chi connectivity index (χ0v) is 15.5. The van der Waals surface area contributed by atoms with Gasteiger partial charge in [-0.1, -0.05) is 0 Å². The first-order chi connectivity index (χ1) is 11.9. The molecule has 6 nitrogen and oxygen atoms in total. The number of ether oxygens (including phenoxy) is 1. The third-order valence-corrected chi connectivity index (χ3v) is 3.78. The number of thiocarbonyl (C=S) groups is 1. The van der Waals surface area contributed by atoms with Crippen LogP contribution in [0.2, 0.25) is 0 Å². The summed E-state index contributed by atoms with van der Waals surface area (Å²) in [5.74, 6) is -0.278. The molecule has 1 aromatic heterocycles. The van der Waals surface area contributed by atoms with Gasteiger partial charge in [-0.3, -0.25) is 5.43 Å². The minimum Gasteiger partial charge on any atom is -0.383 e. The first-order valence-electron chi connectivity index (χ1n) is 7.83. The van der Waals surface area contributed by atoms with E-state index < -0.39 is 0 Å². The molecule has 0 unspecified atom stereocenters. The highest BCUT2D eigenvalue weighted by Gasteiger charge is 2.11. The molecule has 2 rings (SSSR count). The summed E-state index contributed by atoms with van der Waals surface area (Å²) in [6.45, 7) is 6.34. The molecule has 2 aromatic rings. The number of aryl methyl sites for hydroxylation is 1. The molecule has 0 aliphatic rings. The Balaban J connectivity index is 2.07. The molecule has 0 spiro atoms. The van der Waals surface area contributed by atoms with E-state index in [1.807, 2.05) is 20.8 Å². The van der Waals surface area contributed by atoms with E-state index in [-0.39, 0.29) is 11.9 Å². The number of hydrazone groups is 1. The molecular weight excluding hydrogens is 341 g/mol. The number of nitrogens with one attached hydrogen (secondary N) is 2. The van der Waals surface area contributed by atoms with Crippen molar-refractivity contribution in [2.24, 2.45) is 5.10 Å². The Hall–Kier alpha value is -2.32. The maximum Gasteiger partial charge on any atom is 0.187 e. The van der Waals surface area contributed by atoms with Crippen molar-refractivity contribution in [1.29, 1.82) is 0 Å². The fraction of sp³-hybridized carbons (Fsp3) is 0.353. The van der Waals surface area contributed by atoms with Crippen LogP contribution in [0.5, 0.6) is 0 Å². The van der Waals surface area contributed by atoms with Gasteiger partial charge in [-0.2, -0.15) is 10.2 Å². The summed E-state index contributed by atoms with van der Waals surface area (Å²) in [6, 6.07) is 6.28. The number of hydrogen-bond acceptors (Lipinski definition) is 4. The van der Waals surface area contributed by atoms with E-state index in [1.54, 1.807) is 30.1 Å². The van der Waals surface area contributed by atoms with Gasteiger partial charge in [-0.15, -0.1) is 0 Å². The number of hydrogen-bond donors (Lipinski definition) is 2. The highest BCUT2D eigenvalue weighted by atomic mass is 32.1. The van der Waals surface area contributed by atoms with E-state index in [1.165, 1.54) is 12.1 Å². The second-order valence-corrected chi connectivity index (χ2v) is 6.08. The standard InChI is InChI=1S/C17H22FN5OS/c1-11(10-24-4)20-17(25)21-19-9-16-12(2)22-23(13(16)3)15-7-5-14(18)6-8-15/h5-9,11H,10H2,1-4H3,(H2,20,21,25)/b19-9-/t11-/m0/s1. The lowest BCUT2D eigenvalue weighted by Gasteiger charge is -2.13. The van der Waals surface area contributed by atoms with E-state index >= 15 is 0 Å². The molecule has 0 aliphatic heterocycles. The van der Waals surface area contributed by atoms with Gasteiger partial charge in [0.2, 0.25) is 0 Å². The predicted octanol–water partition coefficient (Wildman–Crippen LogP) is 2.46. The van der Waals surface area contributed by atoms with Gasteiger partial charge in [-0.25, -0.2) is 9.07 Å². The van der Waals surface area contributed by atoms with Gasteiger partial charge >= 0.3 is 0 Å². The number of rotatable bonds is 6. The maximum atomic E-state index is 13.1. The molecule has 2 N–H and O–H groups in total. The Morgan fingerprint density at radius 1 is 1.40 bits per heavy atom. The first kappa shape index (κ1) is 19.0. The quantitative estimate of drug-likeness (QED) is 0.469. The van der Waals surface area contributed by atoms with Crippen LogP contribution < -0.4 is 10.7 Å². The van der Waals surface area contributed by atoms with Crippen LogP contribution in [-0.4, -0.2) is 40.9 Å². The van der Waals surface area contributed by atoms with Crippen molar-refractivity contribution in [3.63, 3.8) is 0 Å². The van der Waals surface area contributed by atoms with Crippen LogP contribution >= 0.6 is 12.2 Å². The van der Waals surface area contributed by atoms with E-state index in [0.29, 0.717) is 11.7 Å². The maximum absolute atomic E-state index is 13.1. The second kappa shape index (κ2) is 8.68. The van der Waals surface area contributed by atoms with Gasteiger partial charge in [0.1, 0.15) is 5.82 Å². The van der Waals surface area contributed by atoms with E-state index in [9.17, 15) is 4.39 Å². The summed E-state index contributed by atoms with van der Waals surface area (Å²) in [7, 11) is 1.64. The zero-order chi connectivity index (χ0) is 18.4. The monoisotopic (exact) mass is 363 g/mol. The van der Waals surface area contributed by atoms with Crippen LogP contribution in [0.4, 0.5) is 4.39 Å². The molecule has 0 saturated heterocycles. The minimum atomic E-state index is -0.278. The molecule has 134 valence electrons. The number of benzene rings is 1. The Labute approximate surface area is 152 Å². The van der Waals surface area contributed by atoms with Gasteiger partial charge in [-0.05, 0) is 57.3 Å². The van der Waals surface area contributed by atoms with Gasteiger partial charge in [0.05, 0.1) is 29.9 Å². The fourth-order valence-corrected chi connectivity index (χ4v) is 2.63. The van der Waals surface area contributed by atoms with Crippen LogP contribution in [0.3, 0.4) is 0 Å². The minimum absolute atomic E-state index is 0.0879.